The maximum Gasteiger partial charge on any atom is 0.260 e. The molecule has 2 aromatic rings. The SMILES string of the molecule is O=C(Nc1cccc(F)c1I)c1cccnc1F. The summed E-state index contributed by atoms with van der Waals surface area (Å²) in [5, 5.41) is 2.44. The van der Waals surface area contributed by atoms with E-state index in [4.69, 9.17) is 0 Å². The second-order valence-corrected chi connectivity index (χ2v) is 4.48. The molecule has 0 aliphatic carbocycles. The number of halogens is 3. The maximum absolute atomic E-state index is 13.3. The van der Waals surface area contributed by atoms with Crippen LogP contribution >= 0.6 is 22.6 Å². The molecular formula is C12H7F2IN2O. The van der Waals surface area contributed by atoms with Gasteiger partial charge in [0.2, 0.25) is 5.95 Å². The summed E-state index contributed by atoms with van der Waals surface area (Å²) in [7, 11) is 0. The number of carbonyl (C=O) groups is 1. The van der Waals surface area contributed by atoms with Crippen molar-refractivity contribution in [2.24, 2.45) is 0 Å². The Morgan fingerprint density at radius 3 is 2.72 bits per heavy atom. The van der Waals surface area contributed by atoms with Gasteiger partial charge in [0.15, 0.2) is 0 Å². The van der Waals surface area contributed by atoms with E-state index in [0.717, 1.165) is 0 Å². The molecule has 0 radical (unpaired) electrons. The number of nitrogens with one attached hydrogen (secondary N) is 1. The van der Waals surface area contributed by atoms with Crippen LogP contribution in [-0.4, -0.2) is 10.9 Å². The zero-order chi connectivity index (χ0) is 13.1. The quantitative estimate of drug-likeness (QED) is 0.660. The van der Waals surface area contributed by atoms with Crippen LogP contribution in [0.3, 0.4) is 0 Å². The summed E-state index contributed by atoms with van der Waals surface area (Å²) in [6, 6.07) is 7.05. The monoisotopic (exact) mass is 360 g/mol. The Morgan fingerprint density at radius 2 is 2.00 bits per heavy atom. The van der Waals surface area contributed by atoms with Gasteiger partial charge >= 0.3 is 0 Å². The van der Waals surface area contributed by atoms with E-state index in [0.29, 0.717) is 5.69 Å². The van der Waals surface area contributed by atoms with E-state index in [2.05, 4.69) is 10.3 Å². The molecule has 92 valence electrons. The first kappa shape index (κ1) is 12.9. The molecule has 0 saturated carbocycles. The van der Waals surface area contributed by atoms with Gasteiger partial charge in [0.05, 0.1) is 14.8 Å². The van der Waals surface area contributed by atoms with E-state index in [1.54, 1.807) is 22.6 Å². The van der Waals surface area contributed by atoms with Crippen molar-refractivity contribution in [3.63, 3.8) is 0 Å². The van der Waals surface area contributed by atoms with Gasteiger partial charge in [-0.2, -0.15) is 4.39 Å². The third-order valence-corrected chi connectivity index (χ3v) is 3.30. The fraction of sp³-hybridized carbons (Fsp3) is 0. The van der Waals surface area contributed by atoms with Gasteiger partial charge in [0.1, 0.15) is 5.82 Å². The van der Waals surface area contributed by atoms with E-state index in [1.165, 1.54) is 36.5 Å². The molecular weight excluding hydrogens is 353 g/mol. The molecule has 1 aromatic heterocycles. The van der Waals surface area contributed by atoms with Crippen LogP contribution in [0.25, 0.3) is 0 Å². The van der Waals surface area contributed by atoms with Gasteiger partial charge in [-0.3, -0.25) is 4.79 Å². The van der Waals surface area contributed by atoms with Gasteiger partial charge in [-0.25, -0.2) is 9.37 Å². The number of hydrogen-bond acceptors (Lipinski definition) is 2. The standard InChI is InChI=1S/C12H7F2IN2O/c13-8-4-1-5-9(10(8)15)17-12(18)7-3-2-6-16-11(7)14/h1-6H,(H,17,18). The van der Waals surface area contributed by atoms with Gasteiger partial charge < -0.3 is 5.32 Å². The number of rotatable bonds is 2. The second-order valence-electron chi connectivity index (χ2n) is 3.40. The summed E-state index contributed by atoms with van der Waals surface area (Å²) in [5.41, 5.74) is 0.112. The van der Waals surface area contributed by atoms with Crippen LogP contribution in [0, 0.1) is 15.3 Å². The van der Waals surface area contributed by atoms with Crippen molar-refractivity contribution >= 4 is 34.2 Å². The van der Waals surface area contributed by atoms with Gasteiger partial charge in [0, 0.05) is 6.20 Å². The Morgan fingerprint density at radius 1 is 1.22 bits per heavy atom. The molecule has 3 nitrogen and oxygen atoms in total. The van der Waals surface area contributed by atoms with Crippen molar-refractivity contribution in [2.45, 2.75) is 0 Å². The third kappa shape index (κ3) is 2.63. The highest BCUT2D eigenvalue weighted by atomic mass is 127. The number of aromatic nitrogens is 1. The molecule has 0 bridgehead atoms. The third-order valence-electron chi connectivity index (χ3n) is 2.20. The van der Waals surface area contributed by atoms with Gasteiger partial charge in [-0.15, -0.1) is 0 Å². The summed E-state index contributed by atoms with van der Waals surface area (Å²) >= 11 is 1.77. The van der Waals surface area contributed by atoms with Crippen LogP contribution in [0.1, 0.15) is 10.4 Å². The predicted octanol–water partition coefficient (Wildman–Crippen LogP) is 3.22. The highest BCUT2D eigenvalue weighted by Crippen LogP contribution is 2.21. The van der Waals surface area contributed by atoms with Crippen molar-refractivity contribution in [1.82, 2.24) is 4.98 Å². The summed E-state index contributed by atoms with van der Waals surface area (Å²) < 4.78 is 26.8. The van der Waals surface area contributed by atoms with Crippen molar-refractivity contribution in [2.75, 3.05) is 5.32 Å². The lowest BCUT2D eigenvalue weighted by Crippen LogP contribution is -2.15. The zero-order valence-corrected chi connectivity index (χ0v) is 11.1. The van der Waals surface area contributed by atoms with Crippen LogP contribution in [0.2, 0.25) is 0 Å². The van der Waals surface area contributed by atoms with E-state index in [-0.39, 0.29) is 9.13 Å². The molecule has 1 N–H and O–H groups in total. The number of nitrogens with zero attached hydrogens (tertiary/aromatic N) is 1. The summed E-state index contributed by atoms with van der Waals surface area (Å²) in [4.78, 5) is 15.2. The molecule has 1 amide bonds. The van der Waals surface area contributed by atoms with Crippen molar-refractivity contribution in [1.29, 1.82) is 0 Å². The molecule has 0 spiro atoms. The Bertz CT molecular complexity index is 604. The number of anilines is 1. The van der Waals surface area contributed by atoms with Gasteiger partial charge in [-0.05, 0) is 46.9 Å². The van der Waals surface area contributed by atoms with Crippen molar-refractivity contribution in [3.05, 3.63) is 57.4 Å². The molecule has 6 heteroatoms. The lowest BCUT2D eigenvalue weighted by atomic mass is 10.2. The Balaban J connectivity index is 2.27. The second kappa shape index (κ2) is 5.38. The first-order chi connectivity index (χ1) is 8.59. The number of benzene rings is 1. The molecule has 0 unspecified atom stereocenters. The lowest BCUT2D eigenvalue weighted by Gasteiger charge is -2.07. The van der Waals surface area contributed by atoms with E-state index < -0.39 is 17.7 Å². The number of hydrogen-bond donors (Lipinski definition) is 1. The summed E-state index contributed by atoms with van der Waals surface area (Å²) in [5.74, 6) is -1.97. The molecule has 1 aromatic carbocycles. The van der Waals surface area contributed by atoms with Gasteiger partial charge in [0.25, 0.3) is 5.91 Å². The Hall–Kier alpha value is -1.57. The summed E-state index contributed by atoms with van der Waals surface area (Å²) in [6.07, 6.45) is 1.25. The van der Waals surface area contributed by atoms with E-state index in [1.807, 2.05) is 0 Å². The van der Waals surface area contributed by atoms with Gasteiger partial charge in [-0.1, -0.05) is 6.07 Å². The molecule has 2 rings (SSSR count). The fourth-order valence-electron chi connectivity index (χ4n) is 1.35. The largest absolute Gasteiger partial charge is 0.321 e. The topological polar surface area (TPSA) is 42.0 Å². The molecule has 0 aliphatic heterocycles. The minimum absolute atomic E-state index is 0.183. The van der Waals surface area contributed by atoms with Crippen LogP contribution in [0.5, 0.6) is 0 Å². The van der Waals surface area contributed by atoms with E-state index >= 15 is 0 Å². The predicted molar refractivity (Wildman–Crippen MR) is 71.3 cm³/mol. The van der Waals surface area contributed by atoms with Crippen LogP contribution in [-0.2, 0) is 0 Å². The number of carbonyl (C=O) groups excluding carboxylic acids is 1. The molecule has 0 fully saturated rings. The fourth-order valence-corrected chi connectivity index (χ4v) is 1.84. The highest BCUT2D eigenvalue weighted by Gasteiger charge is 2.14. The normalized spacial score (nSPS) is 10.2. The highest BCUT2D eigenvalue weighted by molar-refractivity contribution is 14.1. The maximum atomic E-state index is 13.3. The average Bonchev–Trinajstić information content (AvgIpc) is 2.35. The van der Waals surface area contributed by atoms with Crippen LogP contribution in [0.4, 0.5) is 14.5 Å². The zero-order valence-electron chi connectivity index (χ0n) is 8.95. The van der Waals surface area contributed by atoms with Crippen LogP contribution in [0.15, 0.2) is 36.5 Å². The molecule has 0 saturated heterocycles. The molecule has 1 heterocycles. The number of amides is 1. The average molecular weight is 360 g/mol. The minimum Gasteiger partial charge on any atom is -0.321 e. The Labute approximate surface area is 115 Å². The minimum atomic E-state index is -0.860. The summed E-state index contributed by atoms with van der Waals surface area (Å²) in [6.45, 7) is 0. The lowest BCUT2D eigenvalue weighted by molar-refractivity contribution is 0.102. The number of pyridine rings is 1. The first-order valence-electron chi connectivity index (χ1n) is 4.95. The van der Waals surface area contributed by atoms with Crippen molar-refractivity contribution < 1.29 is 13.6 Å². The molecule has 0 atom stereocenters. The Kier molecular flexibility index (Phi) is 3.85. The first-order valence-corrected chi connectivity index (χ1v) is 6.03. The molecule has 0 aliphatic rings. The van der Waals surface area contributed by atoms with Crippen LogP contribution < -0.4 is 5.32 Å². The molecule has 18 heavy (non-hydrogen) atoms. The smallest absolute Gasteiger partial charge is 0.260 e. The van der Waals surface area contributed by atoms with E-state index in [9.17, 15) is 13.6 Å². The van der Waals surface area contributed by atoms with Crippen molar-refractivity contribution in [3.8, 4) is 0 Å².